The van der Waals surface area contributed by atoms with Crippen LogP contribution in [0.5, 0.6) is 0 Å². The molecule has 1 atom stereocenters. The van der Waals surface area contributed by atoms with Gasteiger partial charge < -0.3 is 10.2 Å². The van der Waals surface area contributed by atoms with Gasteiger partial charge in [0.15, 0.2) is 5.69 Å². The molecule has 134 valence electrons. The zero-order valence-corrected chi connectivity index (χ0v) is 15.1. The summed E-state index contributed by atoms with van der Waals surface area (Å²) in [5.41, 5.74) is 4.17. The number of amides is 1. The molecular weight excluding hydrogens is 336 g/mol. The van der Waals surface area contributed by atoms with Crippen LogP contribution < -0.4 is 5.32 Å². The molecule has 2 aromatic rings. The van der Waals surface area contributed by atoms with Crippen LogP contribution >= 0.6 is 12.4 Å². The number of aromatic nitrogens is 2. The molecule has 2 N–H and O–H groups in total. The number of fused-ring (bicyclic) bond motifs is 1. The van der Waals surface area contributed by atoms with E-state index in [9.17, 15) is 4.79 Å². The first-order valence-corrected chi connectivity index (χ1v) is 8.94. The predicted molar refractivity (Wildman–Crippen MR) is 100 cm³/mol. The molecule has 2 aliphatic heterocycles. The maximum Gasteiger partial charge on any atom is 0.274 e. The van der Waals surface area contributed by atoms with Crippen molar-refractivity contribution in [2.45, 2.75) is 44.7 Å². The van der Waals surface area contributed by atoms with Crippen LogP contribution in [0, 0.1) is 0 Å². The first kappa shape index (κ1) is 18.0. The smallest absolute Gasteiger partial charge is 0.274 e. The summed E-state index contributed by atoms with van der Waals surface area (Å²) in [5, 5.41) is 10.7. The van der Waals surface area contributed by atoms with Crippen molar-refractivity contribution in [2.75, 3.05) is 13.1 Å². The van der Waals surface area contributed by atoms with Gasteiger partial charge in [0.25, 0.3) is 5.91 Å². The number of hydrogen-bond acceptors (Lipinski definition) is 3. The fourth-order valence-electron chi connectivity index (χ4n) is 3.92. The second-order valence-electron chi connectivity index (χ2n) is 6.77. The summed E-state index contributed by atoms with van der Waals surface area (Å²) < 4.78 is 0. The standard InChI is InChI=1S/C19H24N4O.ClH/c24-19(18-16-13-20-11-10-17(16)21-22-18)23-12-4-7-15(23)9-8-14-5-2-1-3-6-14;/h1-3,5-6,15,20H,4,7-13H2,(H,21,22);1H. The molecule has 0 radical (unpaired) electrons. The Balaban J connectivity index is 0.00000182. The Morgan fingerprint density at radius 1 is 1.28 bits per heavy atom. The summed E-state index contributed by atoms with van der Waals surface area (Å²) in [6.45, 7) is 2.55. The van der Waals surface area contributed by atoms with Crippen molar-refractivity contribution in [2.24, 2.45) is 0 Å². The molecule has 4 rings (SSSR count). The van der Waals surface area contributed by atoms with E-state index in [0.717, 1.165) is 63.0 Å². The highest BCUT2D eigenvalue weighted by atomic mass is 35.5. The number of aryl methyl sites for hydroxylation is 1. The van der Waals surface area contributed by atoms with E-state index in [1.165, 1.54) is 5.56 Å². The van der Waals surface area contributed by atoms with Gasteiger partial charge in [0.1, 0.15) is 0 Å². The first-order chi connectivity index (χ1) is 11.8. The molecule has 0 bridgehead atoms. The predicted octanol–water partition coefficient (Wildman–Crippen LogP) is 2.71. The van der Waals surface area contributed by atoms with Crippen molar-refractivity contribution in [3.05, 3.63) is 52.8 Å². The fraction of sp³-hybridized carbons (Fsp3) is 0.474. The lowest BCUT2D eigenvalue weighted by molar-refractivity contribution is 0.0723. The molecule has 3 heterocycles. The van der Waals surface area contributed by atoms with Gasteiger partial charge in [-0.2, -0.15) is 5.10 Å². The van der Waals surface area contributed by atoms with Crippen molar-refractivity contribution in [1.82, 2.24) is 20.4 Å². The van der Waals surface area contributed by atoms with E-state index in [0.29, 0.717) is 11.7 Å². The third-order valence-electron chi connectivity index (χ3n) is 5.26. The molecule has 1 amide bonds. The van der Waals surface area contributed by atoms with Gasteiger partial charge >= 0.3 is 0 Å². The molecule has 5 nitrogen and oxygen atoms in total. The summed E-state index contributed by atoms with van der Waals surface area (Å²) in [6.07, 6.45) is 5.17. The molecule has 1 unspecified atom stereocenters. The minimum atomic E-state index is 0. The van der Waals surface area contributed by atoms with Crippen LogP contribution in [0.25, 0.3) is 0 Å². The summed E-state index contributed by atoms with van der Waals surface area (Å²) in [5.74, 6) is 0.103. The van der Waals surface area contributed by atoms with Crippen LogP contribution in [-0.2, 0) is 19.4 Å². The molecule has 1 fully saturated rings. The molecule has 2 aliphatic rings. The van der Waals surface area contributed by atoms with Gasteiger partial charge in [0.2, 0.25) is 0 Å². The van der Waals surface area contributed by atoms with E-state index >= 15 is 0 Å². The molecule has 0 spiro atoms. The SMILES string of the molecule is Cl.O=C(c1n[nH]c2c1CNCC2)N1CCCC1CCc1ccccc1. The minimum Gasteiger partial charge on any atom is -0.334 e. The third kappa shape index (κ3) is 3.72. The number of H-pyrrole nitrogens is 1. The zero-order valence-electron chi connectivity index (χ0n) is 14.3. The van der Waals surface area contributed by atoms with Crippen LogP contribution in [0.15, 0.2) is 30.3 Å². The van der Waals surface area contributed by atoms with E-state index in [1.807, 2.05) is 11.0 Å². The summed E-state index contributed by atoms with van der Waals surface area (Å²) in [6, 6.07) is 10.9. The van der Waals surface area contributed by atoms with Gasteiger partial charge in [-0.1, -0.05) is 30.3 Å². The second-order valence-corrected chi connectivity index (χ2v) is 6.77. The summed E-state index contributed by atoms with van der Waals surface area (Å²) in [7, 11) is 0. The Morgan fingerprint density at radius 3 is 2.96 bits per heavy atom. The Kier molecular flexibility index (Phi) is 5.76. The highest BCUT2D eigenvalue weighted by Gasteiger charge is 2.32. The summed E-state index contributed by atoms with van der Waals surface area (Å²) in [4.78, 5) is 15.1. The van der Waals surface area contributed by atoms with Crippen molar-refractivity contribution in [1.29, 1.82) is 0 Å². The monoisotopic (exact) mass is 360 g/mol. The Morgan fingerprint density at radius 2 is 2.12 bits per heavy atom. The average molecular weight is 361 g/mol. The van der Waals surface area contributed by atoms with Crippen molar-refractivity contribution >= 4 is 18.3 Å². The molecule has 6 heteroatoms. The van der Waals surface area contributed by atoms with E-state index in [1.54, 1.807) is 0 Å². The minimum absolute atomic E-state index is 0. The highest BCUT2D eigenvalue weighted by Crippen LogP contribution is 2.25. The van der Waals surface area contributed by atoms with E-state index < -0.39 is 0 Å². The number of hydrogen-bond donors (Lipinski definition) is 2. The molecule has 1 saturated heterocycles. The van der Waals surface area contributed by atoms with E-state index in [-0.39, 0.29) is 18.3 Å². The zero-order chi connectivity index (χ0) is 16.4. The van der Waals surface area contributed by atoms with E-state index in [4.69, 9.17) is 0 Å². The number of carbonyl (C=O) groups excluding carboxylic acids is 1. The number of nitrogens with zero attached hydrogens (tertiary/aromatic N) is 2. The number of likely N-dealkylation sites (tertiary alicyclic amines) is 1. The van der Waals surface area contributed by atoms with Crippen molar-refractivity contribution in [3.8, 4) is 0 Å². The largest absolute Gasteiger partial charge is 0.334 e. The number of nitrogens with one attached hydrogen (secondary N) is 2. The van der Waals surface area contributed by atoms with E-state index in [2.05, 4.69) is 39.8 Å². The van der Waals surface area contributed by atoms with Crippen molar-refractivity contribution in [3.63, 3.8) is 0 Å². The topological polar surface area (TPSA) is 61.0 Å². The lowest BCUT2D eigenvalue weighted by Crippen LogP contribution is -2.37. The number of carbonyl (C=O) groups is 1. The molecule has 0 aliphatic carbocycles. The molecule has 1 aromatic heterocycles. The second kappa shape index (κ2) is 8.02. The Bertz CT molecular complexity index is 715. The fourth-order valence-corrected chi connectivity index (χ4v) is 3.92. The average Bonchev–Trinajstić information content (AvgIpc) is 3.27. The van der Waals surface area contributed by atoms with Gasteiger partial charge in [0, 0.05) is 43.4 Å². The molecule has 25 heavy (non-hydrogen) atoms. The first-order valence-electron chi connectivity index (χ1n) is 8.94. The van der Waals surface area contributed by atoms with Crippen molar-refractivity contribution < 1.29 is 4.79 Å². The van der Waals surface area contributed by atoms with Crippen LogP contribution in [0.1, 0.15) is 46.6 Å². The number of halogens is 1. The Hall–Kier alpha value is -1.85. The Labute approximate surface area is 154 Å². The summed E-state index contributed by atoms with van der Waals surface area (Å²) >= 11 is 0. The molecule has 1 aromatic carbocycles. The third-order valence-corrected chi connectivity index (χ3v) is 5.26. The normalized spacial score (nSPS) is 19.4. The number of aromatic amines is 1. The van der Waals surface area contributed by atoms with Gasteiger partial charge in [-0.05, 0) is 31.2 Å². The van der Waals surface area contributed by atoms with Crippen LogP contribution in [0.4, 0.5) is 0 Å². The van der Waals surface area contributed by atoms with Crippen LogP contribution in [0.3, 0.4) is 0 Å². The lowest BCUT2D eigenvalue weighted by atomic mass is 10.0. The number of benzene rings is 1. The van der Waals surface area contributed by atoms with Crippen LogP contribution in [0.2, 0.25) is 0 Å². The van der Waals surface area contributed by atoms with Gasteiger partial charge in [-0.25, -0.2) is 0 Å². The number of rotatable bonds is 4. The van der Waals surface area contributed by atoms with Gasteiger partial charge in [-0.3, -0.25) is 9.89 Å². The van der Waals surface area contributed by atoms with Crippen LogP contribution in [-0.4, -0.2) is 40.1 Å². The quantitative estimate of drug-likeness (QED) is 0.881. The maximum atomic E-state index is 13.0. The molecular formula is C19H25ClN4O. The van der Waals surface area contributed by atoms with Gasteiger partial charge in [-0.15, -0.1) is 12.4 Å². The maximum absolute atomic E-state index is 13.0. The highest BCUT2D eigenvalue weighted by molar-refractivity contribution is 5.94. The lowest BCUT2D eigenvalue weighted by Gasteiger charge is -2.25. The van der Waals surface area contributed by atoms with Gasteiger partial charge in [0.05, 0.1) is 0 Å². The molecule has 0 saturated carbocycles.